The fraction of sp³-hybridized carbons (Fsp3) is 0.278. The van der Waals surface area contributed by atoms with E-state index >= 15 is 0 Å². The number of esters is 1. The molecule has 1 aromatic heterocycles. The molecule has 2 aromatic rings. The molecule has 0 radical (unpaired) electrons. The molecule has 1 aromatic carbocycles. The third-order valence-corrected chi connectivity index (χ3v) is 4.56. The van der Waals surface area contributed by atoms with Crippen LogP contribution in [0.4, 0.5) is 0 Å². The lowest BCUT2D eigenvalue weighted by Gasteiger charge is -2.13. The summed E-state index contributed by atoms with van der Waals surface area (Å²) in [6, 6.07) is 8.57. The van der Waals surface area contributed by atoms with Crippen molar-refractivity contribution in [2.75, 3.05) is 0 Å². The first kappa shape index (κ1) is 16.9. The monoisotopic (exact) mass is 363 g/mol. The Kier molecular flexibility index (Phi) is 4.88. The van der Waals surface area contributed by atoms with E-state index in [1.807, 2.05) is 12.1 Å². The summed E-state index contributed by atoms with van der Waals surface area (Å²) >= 11 is 11.7. The van der Waals surface area contributed by atoms with Gasteiger partial charge in [0.25, 0.3) is 0 Å². The Labute approximate surface area is 149 Å². The highest BCUT2D eigenvalue weighted by molar-refractivity contribution is 6.34. The number of hydrogen-bond acceptors (Lipinski definition) is 4. The number of ketones is 1. The SMILES string of the molecule is C[C@H](OC(=O)c1nc(Cl)ccc1Cl)C(=O)c1ccc2c(c1)CCC2. The van der Waals surface area contributed by atoms with Gasteiger partial charge in [-0.2, -0.15) is 0 Å². The topological polar surface area (TPSA) is 56.3 Å². The number of carbonyl (C=O) groups excluding carboxylic acids is 2. The number of benzene rings is 1. The number of pyridine rings is 1. The molecule has 3 rings (SSSR count). The second kappa shape index (κ2) is 6.91. The molecule has 0 aliphatic heterocycles. The van der Waals surface area contributed by atoms with Gasteiger partial charge in [-0.05, 0) is 55.5 Å². The van der Waals surface area contributed by atoms with Crippen LogP contribution in [-0.4, -0.2) is 22.8 Å². The first-order valence-electron chi connectivity index (χ1n) is 7.65. The maximum Gasteiger partial charge on any atom is 0.359 e. The fourth-order valence-electron chi connectivity index (χ4n) is 2.79. The minimum absolute atomic E-state index is 0.0993. The van der Waals surface area contributed by atoms with E-state index in [9.17, 15) is 9.59 Å². The Bertz CT molecular complexity index is 820. The maximum absolute atomic E-state index is 12.5. The second-order valence-corrected chi connectivity index (χ2v) is 6.51. The van der Waals surface area contributed by atoms with Gasteiger partial charge in [0, 0.05) is 5.56 Å². The maximum atomic E-state index is 12.5. The second-order valence-electron chi connectivity index (χ2n) is 5.71. The van der Waals surface area contributed by atoms with E-state index in [1.54, 1.807) is 6.07 Å². The Balaban J connectivity index is 1.74. The summed E-state index contributed by atoms with van der Waals surface area (Å²) in [6.45, 7) is 1.53. The average Bonchev–Trinajstić information content (AvgIpc) is 3.03. The number of nitrogens with zero attached hydrogens (tertiary/aromatic N) is 1. The lowest BCUT2D eigenvalue weighted by molar-refractivity contribution is 0.0313. The van der Waals surface area contributed by atoms with Gasteiger partial charge in [-0.15, -0.1) is 0 Å². The number of fused-ring (bicyclic) bond motifs is 1. The van der Waals surface area contributed by atoms with Crippen LogP contribution in [0.3, 0.4) is 0 Å². The average molecular weight is 364 g/mol. The first-order chi connectivity index (χ1) is 11.5. The van der Waals surface area contributed by atoms with E-state index in [4.69, 9.17) is 27.9 Å². The molecule has 0 amide bonds. The van der Waals surface area contributed by atoms with Crippen LogP contribution >= 0.6 is 23.2 Å². The number of aryl methyl sites for hydroxylation is 2. The van der Waals surface area contributed by atoms with Gasteiger partial charge in [-0.1, -0.05) is 35.3 Å². The lowest BCUT2D eigenvalue weighted by atomic mass is 10.0. The van der Waals surface area contributed by atoms with Gasteiger partial charge in [0.1, 0.15) is 5.15 Å². The number of Topliss-reactive ketones (excluding diaryl/α,β-unsaturated/α-hetero) is 1. The van der Waals surface area contributed by atoms with Crippen molar-refractivity contribution in [2.45, 2.75) is 32.3 Å². The molecular weight excluding hydrogens is 349 g/mol. The van der Waals surface area contributed by atoms with Gasteiger partial charge in [-0.3, -0.25) is 4.79 Å². The molecule has 0 fully saturated rings. The molecule has 1 atom stereocenters. The number of rotatable bonds is 4. The van der Waals surface area contributed by atoms with Crippen LogP contribution in [0, 0.1) is 0 Å². The van der Waals surface area contributed by atoms with Crippen LogP contribution in [-0.2, 0) is 17.6 Å². The summed E-state index contributed by atoms with van der Waals surface area (Å²) in [7, 11) is 0. The van der Waals surface area contributed by atoms with Crippen LogP contribution in [0.2, 0.25) is 10.2 Å². The molecule has 6 heteroatoms. The van der Waals surface area contributed by atoms with Crippen molar-refractivity contribution in [1.29, 1.82) is 0 Å². The highest BCUT2D eigenvalue weighted by Crippen LogP contribution is 2.24. The van der Waals surface area contributed by atoms with E-state index < -0.39 is 12.1 Å². The van der Waals surface area contributed by atoms with Gasteiger partial charge in [-0.25, -0.2) is 9.78 Å². The fourth-order valence-corrected chi connectivity index (χ4v) is 3.12. The lowest BCUT2D eigenvalue weighted by Crippen LogP contribution is -2.25. The molecule has 24 heavy (non-hydrogen) atoms. The number of aromatic nitrogens is 1. The van der Waals surface area contributed by atoms with E-state index in [0.717, 1.165) is 19.3 Å². The molecule has 1 aliphatic carbocycles. The van der Waals surface area contributed by atoms with Crippen LogP contribution in [0.5, 0.6) is 0 Å². The summed E-state index contributed by atoms with van der Waals surface area (Å²) in [4.78, 5) is 28.5. The van der Waals surface area contributed by atoms with E-state index in [2.05, 4.69) is 4.98 Å². The summed E-state index contributed by atoms with van der Waals surface area (Å²) < 4.78 is 5.21. The number of carbonyl (C=O) groups is 2. The minimum atomic E-state index is -0.936. The number of hydrogen-bond donors (Lipinski definition) is 0. The van der Waals surface area contributed by atoms with Crippen molar-refractivity contribution in [1.82, 2.24) is 4.98 Å². The Morgan fingerprint density at radius 3 is 2.67 bits per heavy atom. The smallest absolute Gasteiger partial charge is 0.359 e. The predicted molar refractivity (Wildman–Crippen MR) is 91.9 cm³/mol. The summed E-state index contributed by atoms with van der Waals surface area (Å²) in [5.41, 5.74) is 2.92. The molecule has 4 nitrogen and oxygen atoms in total. The standard InChI is InChI=1S/C18H15Cl2NO3/c1-10(24-18(23)16-14(19)7-8-15(20)21-16)17(22)13-6-5-11-3-2-4-12(11)9-13/h5-10H,2-4H2,1H3/t10-/m0/s1. The van der Waals surface area contributed by atoms with Crippen LogP contribution < -0.4 is 0 Å². The summed E-state index contributed by atoms with van der Waals surface area (Å²) in [6.07, 6.45) is 2.20. The zero-order valence-corrected chi connectivity index (χ0v) is 14.5. The van der Waals surface area contributed by atoms with E-state index in [1.165, 1.54) is 30.2 Å². The number of ether oxygens (including phenoxy) is 1. The molecule has 0 bridgehead atoms. The molecule has 124 valence electrons. The minimum Gasteiger partial charge on any atom is -0.449 e. The van der Waals surface area contributed by atoms with Gasteiger partial charge >= 0.3 is 5.97 Å². The normalized spacial score (nSPS) is 14.1. The third kappa shape index (κ3) is 3.45. The molecule has 0 saturated heterocycles. The molecular formula is C18H15Cl2NO3. The summed E-state index contributed by atoms with van der Waals surface area (Å²) in [5, 5.41) is 0.255. The molecule has 0 unspecified atom stereocenters. The molecule has 0 saturated carbocycles. The van der Waals surface area contributed by atoms with Crippen molar-refractivity contribution >= 4 is 35.0 Å². The van der Waals surface area contributed by atoms with Gasteiger partial charge < -0.3 is 4.74 Å². The Hall–Kier alpha value is -1.91. The van der Waals surface area contributed by atoms with Crippen LogP contribution in [0.1, 0.15) is 45.3 Å². The Morgan fingerprint density at radius 2 is 1.88 bits per heavy atom. The van der Waals surface area contributed by atoms with Gasteiger partial charge in [0.2, 0.25) is 5.78 Å². The number of halogens is 2. The van der Waals surface area contributed by atoms with Crippen molar-refractivity contribution < 1.29 is 14.3 Å². The molecule has 1 heterocycles. The Morgan fingerprint density at radius 1 is 1.12 bits per heavy atom. The third-order valence-electron chi connectivity index (χ3n) is 4.04. The van der Waals surface area contributed by atoms with Crippen molar-refractivity contribution in [3.8, 4) is 0 Å². The van der Waals surface area contributed by atoms with Gasteiger partial charge in [0.05, 0.1) is 5.02 Å². The van der Waals surface area contributed by atoms with Crippen molar-refractivity contribution in [3.05, 3.63) is 62.9 Å². The van der Waals surface area contributed by atoms with E-state index in [0.29, 0.717) is 5.56 Å². The molecule has 0 spiro atoms. The van der Waals surface area contributed by atoms with Crippen molar-refractivity contribution in [3.63, 3.8) is 0 Å². The first-order valence-corrected chi connectivity index (χ1v) is 8.40. The summed E-state index contributed by atoms with van der Waals surface area (Å²) in [5.74, 6) is -1.03. The molecule has 0 N–H and O–H groups in total. The van der Waals surface area contributed by atoms with Crippen LogP contribution in [0.25, 0.3) is 0 Å². The largest absolute Gasteiger partial charge is 0.449 e. The van der Waals surface area contributed by atoms with Gasteiger partial charge in [0.15, 0.2) is 11.8 Å². The quantitative estimate of drug-likeness (QED) is 0.461. The van der Waals surface area contributed by atoms with E-state index in [-0.39, 0.29) is 21.7 Å². The highest BCUT2D eigenvalue weighted by atomic mass is 35.5. The molecule has 1 aliphatic rings. The highest BCUT2D eigenvalue weighted by Gasteiger charge is 2.24. The zero-order chi connectivity index (χ0) is 17.3. The van der Waals surface area contributed by atoms with Crippen LogP contribution in [0.15, 0.2) is 30.3 Å². The zero-order valence-electron chi connectivity index (χ0n) is 13.0. The van der Waals surface area contributed by atoms with Crippen molar-refractivity contribution in [2.24, 2.45) is 0 Å². The predicted octanol–water partition coefficient (Wildman–Crippen LogP) is 4.31.